The van der Waals surface area contributed by atoms with Crippen LogP contribution in [0.2, 0.25) is 0 Å². The third-order valence-electron chi connectivity index (χ3n) is 1.93. The van der Waals surface area contributed by atoms with Crippen LogP contribution in [0.3, 0.4) is 0 Å². The summed E-state index contributed by atoms with van der Waals surface area (Å²) in [5.74, 6) is -0.976. The van der Waals surface area contributed by atoms with Gasteiger partial charge in [0.25, 0.3) is 0 Å². The molecule has 0 spiro atoms. The summed E-state index contributed by atoms with van der Waals surface area (Å²) < 4.78 is 26.4. The Kier molecular flexibility index (Phi) is 4.67. The van der Waals surface area contributed by atoms with Crippen LogP contribution in [0, 0.1) is 6.92 Å². The van der Waals surface area contributed by atoms with Crippen molar-refractivity contribution in [2.75, 3.05) is 6.54 Å². The van der Waals surface area contributed by atoms with E-state index in [2.05, 4.69) is 20.7 Å². The second-order valence-electron chi connectivity index (χ2n) is 3.24. The first-order chi connectivity index (χ1) is 7.74. The van der Waals surface area contributed by atoms with Crippen LogP contribution >= 0.6 is 27.3 Å². The summed E-state index contributed by atoms with van der Waals surface area (Å²) in [5.41, 5.74) is 4.81. The molecule has 0 aliphatic rings. The zero-order valence-corrected chi connectivity index (χ0v) is 12.0. The van der Waals surface area contributed by atoms with Gasteiger partial charge in [-0.15, -0.1) is 11.3 Å². The van der Waals surface area contributed by atoms with Crippen LogP contribution in [-0.2, 0) is 14.8 Å². The monoisotopic (exact) mass is 342 g/mol. The third kappa shape index (κ3) is 3.75. The molecule has 0 saturated heterocycles. The van der Waals surface area contributed by atoms with Crippen molar-refractivity contribution in [3.8, 4) is 0 Å². The quantitative estimate of drug-likeness (QED) is 0.696. The zero-order chi connectivity index (χ0) is 13.2. The van der Waals surface area contributed by atoms with Gasteiger partial charge in [0.2, 0.25) is 15.9 Å². The lowest BCUT2D eigenvalue weighted by Crippen LogP contribution is -2.39. The fraction of sp³-hybridized carbons (Fsp3) is 0.375. The van der Waals surface area contributed by atoms with Gasteiger partial charge in [-0.25, -0.2) is 13.1 Å². The van der Waals surface area contributed by atoms with Crippen LogP contribution in [0.15, 0.2) is 14.7 Å². The van der Waals surface area contributed by atoms with Crippen LogP contribution < -0.4 is 10.5 Å². The summed E-state index contributed by atoms with van der Waals surface area (Å²) in [5, 5.41) is 9.10. The molecule has 9 heteroatoms. The molecule has 0 bridgehead atoms. The van der Waals surface area contributed by atoms with Gasteiger partial charge in [-0.3, -0.25) is 4.79 Å². The van der Waals surface area contributed by atoms with E-state index in [9.17, 15) is 13.2 Å². The number of aliphatic hydroxyl groups excluding tert-OH is 1. The molecule has 1 amide bonds. The van der Waals surface area contributed by atoms with E-state index in [1.807, 2.05) is 0 Å². The van der Waals surface area contributed by atoms with Gasteiger partial charge in [0, 0.05) is 11.4 Å². The van der Waals surface area contributed by atoms with Crippen molar-refractivity contribution < 1.29 is 18.3 Å². The van der Waals surface area contributed by atoms with Crippen LogP contribution in [0.5, 0.6) is 0 Å². The molecular weight excluding hydrogens is 332 g/mol. The lowest BCUT2D eigenvalue weighted by molar-refractivity contribution is -0.125. The second-order valence-corrected chi connectivity index (χ2v) is 7.61. The molecule has 0 radical (unpaired) electrons. The van der Waals surface area contributed by atoms with Crippen LogP contribution in [-0.4, -0.2) is 32.1 Å². The highest BCUT2D eigenvalue weighted by molar-refractivity contribution is 9.11. The van der Waals surface area contributed by atoms with E-state index in [4.69, 9.17) is 10.8 Å². The highest BCUT2D eigenvalue weighted by Crippen LogP contribution is 2.29. The molecule has 0 fully saturated rings. The molecule has 4 N–H and O–H groups in total. The number of aryl methyl sites for hydroxylation is 1. The zero-order valence-electron chi connectivity index (χ0n) is 8.81. The molecule has 1 heterocycles. The molecule has 17 heavy (non-hydrogen) atoms. The summed E-state index contributed by atoms with van der Waals surface area (Å²) in [6.45, 7) is 1.22. The molecule has 0 aromatic carbocycles. The molecule has 0 aliphatic heterocycles. The number of nitrogens with two attached hydrogens (primary N) is 1. The minimum absolute atomic E-state index is 0.117. The predicted octanol–water partition coefficient (Wildman–Crippen LogP) is -0.0565. The first-order valence-electron chi connectivity index (χ1n) is 4.47. The number of hydrogen-bond acceptors (Lipinski definition) is 5. The van der Waals surface area contributed by atoms with Gasteiger partial charge in [0.1, 0.15) is 6.10 Å². The van der Waals surface area contributed by atoms with Gasteiger partial charge in [-0.05, 0) is 28.9 Å². The number of sulfonamides is 1. The molecule has 1 unspecified atom stereocenters. The summed E-state index contributed by atoms with van der Waals surface area (Å²) in [6, 6.07) is 1.46. The average molecular weight is 343 g/mol. The maximum absolute atomic E-state index is 11.8. The highest BCUT2D eigenvalue weighted by Gasteiger charge is 2.21. The number of carbonyl (C=O) groups excluding carboxylic acids is 1. The molecule has 6 nitrogen and oxygen atoms in total. The number of primary amides is 1. The van der Waals surface area contributed by atoms with Crippen molar-refractivity contribution in [2.45, 2.75) is 17.9 Å². The summed E-state index contributed by atoms with van der Waals surface area (Å²) in [4.78, 5) is 11.3. The Morgan fingerprint density at radius 2 is 2.29 bits per heavy atom. The topological polar surface area (TPSA) is 109 Å². The largest absolute Gasteiger partial charge is 0.382 e. The summed E-state index contributed by atoms with van der Waals surface area (Å²) >= 11 is 4.46. The van der Waals surface area contributed by atoms with Gasteiger partial charge in [-0.1, -0.05) is 0 Å². The molecule has 0 saturated carbocycles. The van der Waals surface area contributed by atoms with Gasteiger partial charge in [0.05, 0.1) is 8.68 Å². The molecule has 96 valence electrons. The fourth-order valence-corrected chi connectivity index (χ4v) is 4.52. The van der Waals surface area contributed by atoms with Gasteiger partial charge >= 0.3 is 0 Å². The van der Waals surface area contributed by atoms with Gasteiger partial charge in [0.15, 0.2) is 0 Å². The van der Waals surface area contributed by atoms with Gasteiger partial charge < -0.3 is 10.8 Å². The van der Waals surface area contributed by atoms with E-state index >= 15 is 0 Å². The lowest BCUT2D eigenvalue weighted by atomic mass is 10.3. The van der Waals surface area contributed by atoms with Crippen molar-refractivity contribution in [3.63, 3.8) is 0 Å². The number of thiophene rings is 1. The first kappa shape index (κ1) is 14.6. The summed E-state index contributed by atoms with van der Waals surface area (Å²) in [7, 11) is -3.74. The van der Waals surface area contributed by atoms with Crippen LogP contribution in [0.4, 0.5) is 0 Å². The van der Waals surface area contributed by atoms with Crippen molar-refractivity contribution in [1.82, 2.24) is 4.72 Å². The average Bonchev–Trinajstić information content (AvgIpc) is 2.55. The van der Waals surface area contributed by atoms with E-state index < -0.39 is 28.6 Å². The Morgan fingerprint density at radius 3 is 2.71 bits per heavy atom. The van der Waals surface area contributed by atoms with Gasteiger partial charge in [-0.2, -0.15) is 0 Å². The Morgan fingerprint density at radius 1 is 1.71 bits per heavy atom. The number of nitrogens with one attached hydrogen (secondary N) is 1. The number of amides is 1. The number of carbonyl (C=O) groups is 1. The smallest absolute Gasteiger partial charge is 0.247 e. The first-order valence-corrected chi connectivity index (χ1v) is 7.56. The second kappa shape index (κ2) is 5.44. The van der Waals surface area contributed by atoms with Crippen molar-refractivity contribution >= 4 is 43.2 Å². The SMILES string of the molecule is Cc1sc(Br)cc1S(=O)(=O)NCC(O)C(N)=O. The van der Waals surface area contributed by atoms with E-state index in [-0.39, 0.29) is 4.90 Å². The molecule has 1 aromatic heterocycles. The molecule has 1 rings (SSSR count). The molecule has 1 atom stereocenters. The number of hydrogen-bond donors (Lipinski definition) is 3. The number of rotatable bonds is 5. The fourth-order valence-electron chi connectivity index (χ4n) is 1.06. The molecule has 1 aromatic rings. The minimum Gasteiger partial charge on any atom is -0.382 e. The lowest BCUT2D eigenvalue weighted by Gasteiger charge is -2.08. The van der Waals surface area contributed by atoms with Crippen molar-refractivity contribution in [2.24, 2.45) is 5.73 Å². The summed E-state index contributed by atoms with van der Waals surface area (Å²) in [6.07, 6.45) is -1.54. The van der Waals surface area contributed by atoms with E-state index in [0.29, 0.717) is 8.66 Å². The Labute approximate surface area is 111 Å². The van der Waals surface area contributed by atoms with E-state index in [1.54, 1.807) is 6.92 Å². The van der Waals surface area contributed by atoms with E-state index in [1.165, 1.54) is 17.4 Å². The van der Waals surface area contributed by atoms with Crippen molar-refractivity contribution in [1.29, 1.82) is 0 Å². The van der Waals surface area contributed by atoms with Crippen LogP contribution in [0.1, 0.15) is 4.88 Å². The minimum atomic E-state index is -3.74. The highest BCUT2D eigenvalue weighted by atomic mass is 79.9. The Bertz CT molecular complexity index is 526. The number of aliphatic hydroxyl groups is 1. The predicted molar refractivity (Wildman–Crippen MR) is 67.1 cm³/mol. The number of halogens is 1. The molecule has 0 aliphatic carbocycles. The Balaban J connectivity index is 2.83. The van der Waals surface area contributed by atoms with Crippen molar-refractivity contribution in [3.05, 3.63) is 14.7 Å². The maximum atomic E-state index is 11.8. The molecular formula is C8H11BrN2O4S2. The Hall–Kier alpha value is -0.480. The normalized spacial score (nSPS) is 13.6. The third-order valence-corrected chi connectivity index (χ3v) is 5.16. The standard InChI is InChI=1S/C8H11BrN2O4S2/c1-4-6(2-7(9)16-4)17(14,15)11-3-5(12)8(10)13/h2,5,11-12H,3H2,1H3,(H2,10,13). The van der Waals surface area contributed by atoms with Crippen LogP contribution in [0.25, 0.3) is 0 Å². The maximum Gasteiger partial charge on any atom is 0.247 e. The van der Waals surface area contributed by atoms with E-state index in [0.717, 1.165) is 0 Å².